The first-order valence-electron chi connectivity index (χ1n) is 9.77. The van der Waals surface area contributed by atoms with Gasteiger partial charge in [0, 0.05) is 43.6 Å². The number of nitrogens with zero attached hydrogens (tertiary/aromatic N) is 4. The predicted molar refractivity (Wildman–Crippen MR) is 125 cm³/mol. The maximum absolute atomic E-state index is 5.48. The zero-order valence-corrected chi connectivity index (χ0v) is 18.6. The van der Waals surface area contributed by atoms with E-state index in [1.54, 1.807) is 0 Å². The Hall–Kier alpha value is -1.87. The van der Waals surface area contributed by atoms with Crippen molar-refractivity contribution in [1.29, 1.82) is 0 Å². The molecule has 28 heavy (non-hydrogen) atoms. The maximum Gasteiger partial charge on any atom is 0.198 e. The number of hydrogen-bond acceptors (Lipinski definition) is 4. The summed E-state index contributed by atoms with van der Waals surface area (Å²) in [4.78, 5) is 14.2. The van der Waals surface area contributed by atoms with E-state index in [-0.39, 0.29) is 24.0 Å². The second-order valence-corrected chi connectivity index (χ2v) is 6.79. The van der Waals surface area contributed by atoms with Crippen molar-refractivity contribution < 1.29 is 4.74 Å². The molecule has 1 aromatic carbocycles. The number of rotatable bonds is 4. The Morgan fingerprint density at radius 2 is 1.96 bits per heavy atom. The van der Waals surface area contributed by atoms with Crippen molar-refractivity contribution in [2.45, 2.75) is 19.9 Å². The molecule has 1 fully saturated rings. The van der Waals surface area contributed by atoms with Crippen molar-refractivity contribution in [1.82, 2.24) is 10.3 Å². The van der Waals surface area contributed by atoms with E-state index < -0.39 is 0 Å². The van der Waals surface area contributed by atoms with Crippen molar-refractivity contribution in [3.63, 3.8) is 0 Å². The molecule has 0 saturated carbocycles. The summed E-state index contributed by atoms with van der Waals surface area (Å²) in [5.41, 5.74) is 3.80. The fraction of sp³-hybridized carbons (Fsp3) is 0.429. The fourth-order valence-electron chi connectivity index (χ4n) is 3.73. The Bertz CT molecular complexity index is 807. The van der Waals surface area contributed by atoms with Gasteiger partial charge in [0.25, 0.3) is 0 Å². The molecule has 1 aromatic heterocycles. The first kappa shape index (κ1) is 20.9. The number of morpholine rings is 1. The van der Waals surface area contributed by atoms with E-state index in [2.05, 4.69) is 57.4 Å². The minimum atomic E-state index is 0. The van der Waals surface area contributed by atoms with Crippen LogP contribution in [0.25, 0.3) is 0 Å². The third kappa shape index (κ3) is 4.57. The number of para-hydroxylation sites is 1. The van der Waals surface area contributed by atoms with Gasteiger partial charge in [-0.15, -0.1) is 24.0 Å². The zero-order chi connectivity index (χ0) is 18.5. The van der Waals surface area contributed by atoms with E-state index in [1.165, 1.54) is 11.3 Å². The normalized spacial score (nSPS) is 16.5. The highest BCUT2D eigenvalue weighted by Crippen LogP contribution is 2.27. The van der Waals surface area contributed by atoms with Crippen LogP contribution in [0.3, 0.4) is 0 Å². The van der Waals surface area contributed by atoms with Crippen molar-refractivity contribution in [3.05, 3.63) is 53.7 Å². The quantitative estimate of drug-likeness (QED) is 0.403. The fourth-order valence-corrected chi connectivity index (χ4v) is 3.73. The molecule has 3 heterocycles. The Morgan fingerprint density at radius 1 is 1.14 bits per heavy atom. The van der Waals surface area contributed by atoms with Crippen molar-refractivity contribution in [2.24, 2.45) is 4.99 Å². The predicted octanol–water partition coefficient (Wildman–Crippen LogP) is 3.06. The lowest BCUT2D eigenvalue weighted by Gasteiger charge is -2.29. The number of halogens is 1. The minimum Gasteiger partial charge on any atom is -0.378 e. The highest BCUT2D eigenvalue weighted by atomic mass is 127. The lowest BCUT2D eigenvalue weighted by Crippen LogP contribution is -2.40. The third-order valence-corrected chi connectivity index (χ3v) is 5.06. The van der Waals surface area contributed by atoms with Crippen molar-refractivity contribution >= 4 is 41.4 Å². The SMILES string of the molecule is CCNC(=NCc1cccnc1N1CCOCC1)N1CCc2ccccc21.I. The summed E-state index contributed by atoms with van der Waals surface area (Å²) in [6, 6.07) is 12.7. The van der Waals surface area contributed by atoms with Crippen molar-refractivity contribution in [2.75, 3.05) is 49.2 Å². The molecule has 0 unspecified atom stereocenters. The Balaban J connectivity index is 0.00000225. The molecule has 0 amide bonds. The van der Waals surface area contributed by atoms with Crippen LogP contribution in [0.4, 0.5) is 11.5 Å². The average molecular weight is 493 g/mol. The maximum atomic E-state index is 5.48. The van der Waals surface area contributed by atoms with E-state index in [0.717, 1.165) is 63.2 Å². The number of anilines is 2. The summed E-state index contributed by atoms with van der Waals surface area (Å²) in [5.74, 6) is 1.97. The average Bonchev–Trinajstić information content (AvgIpc) is 3.16. The summed E-state index contributed by atoms with van der Waals surface area (Å²) in [6.07, 6.45) is 2.92. The number of hydrogen-bond donors (Lipinski definition) is 1. The monoisotopic (exact) mass is 493 g/mol. The molecule has 0 spiro atoms. The van der Waals surface area contributed by atoms with Gasteiger partial charge in [0.2, 0.25) is 0 Å². The Labute approximate surface area is 184 Å². The number of aromatic nitrogens is 1. The molecule has 2 aromatic rings. The molecular weight excluding hydrogens is 465 g/mol. The number of nitrogens with one attached hydrogen (secondary N) is 1. The van der Waals surface area contributed by atoms with Gasteiger partial charge in [0.1, 0.15) is 5.82 Å². The zero-order valence-electron chi connectivity index (χ0n) is 16.3. The van der Waals surface area contributed by atoms with E-state index >= 15 is 0 Å². The van der Waals surface area contributed by atoms with Crippen LogP contribution in [-0.2, 0) is 17.7 Å². The number of fused-ring (bicyclic) bond motifs is 1. The van der Waals surface area contributed by atoms with Gasteiger partial charge in [0.15, 0.2) is 5.96 Å². The molecule has 0 radical (unpaired) electrons. The number of aliphatic imine (C=N–C) groups is 1. The second-order valence-electron chi connectivity index (χ2n) is 6.79. The van der Waals surface area contributed by atoms with Crippen molar-refractivity contribution in [3.8, 4) is 0 Å². The van der Waals surface area contributed by atoms with Crippen LogP contribution in [0.15, 0.2) is 47.6 Å². The standard InChI is InChI=1S/C21H27N5O.HI/c1-2-22-21(26-11-9-17-6-3-4-8-19(17)26)24-16-18-7-5-10-23-20(18)25-12-14-27-15-13-25;/h3-8,10H,2,9,11-16H2,1H3,(H,22,24);1H. The number of ether oxygens (including phenoxy) is 1. The first-order valence-corrected chi connectivity index (χ1v) is 9.77. The molecular formula is C21H28IN5O. The van der Waals surface area contributed by atoms with Gasteiger partial charge in [-0.3, -0.25) is 0 Å². The molecule has 2 aliphatic heterocycles. The van der Waals surface area contributed by atoms with Crippen LogP contribution >= 0.6 is 24.0 Å². The molecule has 150 valence electrons. The first-order chi connectivity index (χ1) is 13.4. The summed E-state index contributed by atoms with van der Waals surface area (Å²) in [7, 11) is 0. The topological polar surface area (TPSA) is 53.0 Å². The molecule has 4 rings (SSSR count). The van der Waals surface area contributed by atoms with E-state index in [4.69, 9.17) is 9.73 Å². The molecule has 2 aliphatic rings. The minimum absolute atomic E-state index is 0. The van der Waals surface area contributed by atoms with Gasteiger partial charge >= 0.3 is 0 Å². The lowest BCUT2D eigenvalue weighted by atomic mass is 10.2. The number of guanidine groups is 1. The van der Waals surface area contributed by atoms with E-state index in [9.17, 15) is 0 Å². The molecule has 1 saturated heterocycles. The molecule has 0 aliphatic carbocycles. The van der Waals surface area contributed by atoms with Gasteiger partial charge < -0.3 is 19.9 Å². The highest BCUT2D eigenvalue weighted by molar-refractivity contribution is 14.0. The van der Waals surface area contributed by atoms with Gasteiger partial charge in [-0.1, -0.05) is 24.3 Å². The van der Waals surface area contributed by atoms with Crippen LogP contribution in [-0.4, -0.2) is 50.3 Å². The van der Waals surface area contributed by atoms with Crippen LogP contribution in [0.1, 0.15) is 18.1 Å². The molecule has 6 nitrogen and oxygen atoms in total. The molecule has 0 bridgehead atoms. The third-order valence-electron chi connectivity index (χ3n) is 5.06. The largest absolute Gasteiger partial charge is 0.378 e. The van der Waals surface area contributed by atoms with Gasteiger partial charge in [-0.25, -0.2) is 9.98 Å². The molecule has 1 N–H and O–H groups in total. The van der Waals surface area contributed by atoms with E-state index in [0.29, 0.717) is 6.54 Å². The highest BCUT2D eigenvalue weighted by Gasteiger charge is 2.22. The molecule has 0 atom stereocenters. The smallest absolute Gasteiger partial charge is 0.198 e. The van der Waals surface area contributed by atoms with Crippen LogP contribution in [0, 0.1) is 0 Å². The lowest BCUT2D eigenvalue weighted by molar-refractivity contribution is 0.122. The molecule has 7 heteroatoms. The Kier molecular flexibility index (Phi) is 7.50. The van der Waals surface area contributed by atoms with Crippen LogP contribution < -0.4 is 15.1 Å². The second kappa shape index (κ2) is 10.1. The Morgan fingerprint density at radius 3 is 2.79 bits per heavy atom. The van der Waals surface area contributed by atoms with Crippen LogP contribution in [0.5, 0.6) is 0 Å². The number of benzene rings is 1. The summed E-state index contributed by atoms with van der Waals surface area (Å²) in [5, 5.41) is 3.46. The summed E-state index contributed by atoms with van der Waals surface area (Å²) >= 11 is 0. The summed E-state index contributed by atoms with van der Waals surface area (Å²) < 4.78 is 5.48. The van der Waals surface area contributed by atoms with Gasteiger partial charge in [-0.2, -0.15) is 0 Å². The van der Waals surface area contributed by atoms with Gasteiger partial charge in [0.05, 0.1) is 19.8 Å². The summed E-state index contributed by atoms with van der Waals surface area (Å²) in [6.45, 7) is 7.82. The van der Waals surface area contributed by atoms with Gasteiger partial charge in [-0.05, 0) is 31.0 Å². The van der Waals surface area contributed by atoms with E-state index in [1.807, 2.05) is 12.3 Å². The number of pyridine rings is 1. The van der Waals surface area contributed by atoms with Crippen LogP contribution in [0.2, 0.25) is 0 Å².